The predicted octanol–water partition coefficient (Wildman–Crippen LogP) is 4.10. The van der Waals surface area contributed by atoms with Gasteiger partial charge in [0.15, 0.2) is 5.82 Å². The molecule has 3 rings (SSSR count). The lowest BCUT2D eigenvalue weighted by atomic mass is 9.85. The van der Waals surface area contributed by atoms with E-state index in [2.05, 4.69) is 40.7 Å². The van der Waals surface area contributed by atoms with E-state index in [1.54, 1.807) is 6.92 Å². The first-order valence-electron chi connectivity index (χ1n) is 9.57. The molecular weight excluding hydrogens is 384 g/mol. The topological polar surface area (TPSA) is 87.7 Å². The minimum absolute atomic E-state index is 0.0612. The average molecular weight is 413 g/mol. The van der Waals surface area contributed by atoms with Crippen LogP contribution in [-0.4, -0.2) is 23.6 Å². The molecule has 6 nitrogen and oxygen atoms in total. The highest BCUT2D eigenvalue weighted by atomic mass is 32.2. The SMILES string of the molecule is Cc1nc([C@H](NS(=O)(=O)c2c(C)cc(C(C)(C)C)cc2C)c2ccccc2)n[nH]1. The van der Waals surface area contributed by atoms with Gasteiger partial charge >= 0.3 is 0 Å². The smallest absolute Gasteiger partial charge is 0.242 e. The van der Waals surface area contributed by atoms with Gasteiger partial charge in [-0.2, -0.15) is 9.82 Å². The quantitative estimate of drug-likeness (QED) is 0.660. The van der Waals surface area contributed by atoms with Crippen molar-refractivity contribution in [1.82, 2.24) is 19.9 Å². The molecule has 0 bridgehead atoms. The number of aryl methyl sites for hydroxylation is 3. The van der Waals surface area contributed by atoms with Crippen molar-refractivity contribution in [3.05, 3.63) is 76.4 Å². The number of nitrogens with one attached hydrogen (secondary N) is 2. The van der Waals surface area contributed by atoms with Crippen molar-refractivity contribution in [1.29, 1.82) is 0 Å². The summed E-state index contributed by atoms with van der Waals surface area (Å²) in [6.07, 6.45) is 0. The molecule has 1 heterocycles. The van der Waals surface area contributed by atoms with Crippen molar-refractivity contribution < 1.29 is 8.42 Å². The molecule has 0 unspecified atom stereocenters. The number of rotatable bonds is 5. The summed E-state index contributed by atoms with van der Waals surface area (Å²) in [5.41, 5.74) is 3.27. The van der Waals surface area contributed by atoms with E-state index in [1.807, 2.05) is 56.3 Å². The van der Waals surface area contributed by atoms with Crippen molar-refractivity contribution >= 4 is 10.0 Å². The summed E-state index contributed by atoms with van der Waals surface area (Å²) in [5, 5.41) is 6.99. The van der Waals surface area contributed by atoms with Gasteiger partial charge in [-0.3, -0.25) is 5.10 Å². The van der Waals surface area contributed by atoms with Crippen LogP contribution in [0, 0.1) is 20.8 Å². The molecule has 0 radical (unpaired) electrons. The fourth-order valence-corrected chi connectivity index (χ4v) is 5.06. The number of hydrogen-bond acceptors (Lipinski definition) is 4. The van der Waals surface area contributed by atoms with Crippen LogP contribution in [0.2, 0.25) is 0 Å². The molecule has 29 heavy (non-hydrogen) atoms. The fraction of sp³-hybridized carbons (Fsp3) is 0.364. The third-order valence-electron chi connectivity index (χ3n) is 4.87. The van der Waals surface area contributed by atoms with E-state index in [1.165, 1.54) is 0 Å². The molecule has 0 aliphatic rings. The Morgan fingerprint density at radius 3 is 2.07 bits per heavy atom. The first kappa shape index (κ1) is 21.2. The number of hydrogen-bond donors (Lipinski definition) is 2. The number of benzene rings is 2. The largest absolute Gasteiger partial charge is 0.263 e. The Labute approximate surface area is 172 Å². The van der Waals surface area contributed by atoms with Crippen molar-refractivity contribution in [2.75, 3.05) is 0 Å². The van der Waals surface area contributed by atoms with Crippen molar-refractivity contribution in [2.24, 2.45) is 0 Å². The summed E-state index contributed by atoms with van der Waals surface area (Å²) in [6, 6.07) is 12.6. The second-order valence-electron chi connectivity index (χ2n) is 8.43. The molecular formula is C22H28N4O2S. The third kappa shape index (κ3) is 4.57. The van der Waals surface area contributed by atoms with Gasteiger partial charge in [0.05, 0.1) is 4.90 Å². The molecule has 0 saturated heterocycles. The molecule has 3 aromatic rings. The highest BCUT2D eigenvalue weighted by Crippen LogP contribution is 2.30. The van der Waals surface area contributed by atoms with Gasteiger partial charge < -0.3 is 0 Å². The Morgan fingerprint density at radius 2 is 1.59 bits per heavy atom. The number of H-pyrrole nitrogens is 1. The molecule has 154 valence electrons. The normalized spacial score (nSPS) is 13.4. The van der Waals surface area contributed by atoms with Crippen molar-refractivity contribution in [3.8, 4) is 0 Å². The zero-order valence-corrected chi connectivity index (χ0v) is 18.6. The number of nitrogens with zero attached hydrogens (tertiary/aromatic N) is 2. The van der Waals surface area contributed by atoms with E-state index in [-0.39, 0.29) is 5.41 Å². The maximum atomic E-state index is 13.4. The minimum atomic E-state index is -3.81. The monoisotopic (exact) mass is 412 g/mol. The Balaban J connectivity index is 2.06. The van der Waals surface area contributed by atoms with Crippen LogP contribution in [0.4, 0.5) is 0 Å². The zero-order chi connectivity index (χ0) is 21.4. The fourth-order valence-electron chi connectivity index (χ4n) is 3.43. The maximum Gasteiger partial charge on any atom is 0.242 e. The molecule has 0 aliphatic carbocycles. The lowest BCUT2D eigenvalue weighted by Crippen LogP contribution is -2.31. The molecule has 0 amide bonds. The zero-order valence-electron chi connectivity index (χ0n) is 17.7. The van der Waals surface area contributed by atoms with E-state index in [9.17, 15) is 8.42 Å². The van der Waals surface area contributed by atoms with Gasteiger partial charge in [0.25, 0.3) is 0 Å². The van der Waals surface area contributed by atoms with E-state index < -0.39 is 16.1 Å². The number of aromatic nitrogens is 3. The van der Waals surface area contributed by atoms with Crippen LogP contribution in [0.3, 0.4) is 0 Å². The van der Waals surface area contributed by atoms with Gasteiger partial charge in [-0.05, 0) is 48.4 Å². The highest BCUT2D eigenvalue weighted by Gasteiger charge is 2.29. The summed E-state index contributed by atoms with van der Waals surface area (Å²) in [7, 11) is -3.81. The van der Waals surface area contributed by atoms with E-state index in [4.69, 9.17) is 0 Å². The Morgan fingerprint density at radius 1 is 1.00 bits per heavy atom. The van der Waals surface area contributed by atoms with Gasteiger partial charge in [-0.1, -0.05) is 63.2 Å². The Hall–Kier alpha value is -2.51. The Bertz CT molecular complexity index is 1090. The molecule has 1 atom stereocenters. The van der Waals surface area contributed by atoms with Crippen LogP contribution in [0.15, 0.2) is 47.4 Å². The third-order valence-corrected chi connectivity index (χ3v) is 6.60. The van der Waals surface area contributed by atoms with Crippen molar-refractivity contribution in [2.45, 2.75) is 57.9 Å². The van der Waals surface area contributed by atoms with E-state index in [0.29, 0.717) is 16.5 Å². The molecule has 0 fully saturated rings. The van der Waals surface area contributed by atoms with Gasteiger partial charge in [0.1, 0.15) is 11.9 Å². The molecule has 7 heteroatoms. The lowest BCUT2D eigenvalue weighted by molar-refractivity contribution is 0.564. The molecule has 0 aliphatic heterocycles. The van der Waals surface area contributed by atoms with Crippen LogP contribution < -0.4 is 4.72 Å². The molecule has 1 aromatic heterocycles. The van der Waals surface area contributed by atoms with Crippen LogP contribution >= 0.6 is 0 Å². The van der Waals surface area contributed by atoms with Gasteiger partial charge in [0, 0.05) is 0 Å². The average Bonchev–Trinajstić information content (AvgIpc) is 3.05. The number of aromatic amines is 1. The second kappa shape index (κ2) is 7.72. The first-order chi connectivity index (χ1) is 13.5. The molecule has 2 N–H and O–H groups in total. The molecule has 0 spiro atoms. The first-order valence-corrected chi connectivity index (χ1v) is 11.1. The Kier molecular flexibility index (Phi) is 5.65. The van der Waals surface area contributed by atoms with E-state index >= 15 is 0 Å². The second-order valence-corrected chi connectivity index (χ2v) is 10.1. The molecule has 0 saturated carbocycles. The minimum Gasteiger partial charge on any atom is -0.263 e. The highest BCUT2D eigenvalue weighted by molar-refractivity contribution is 7.89. The van der Waals surface area contributed by atoms with Crippen LogP contribution in [0.1, 0.15) is 60.7 Å². The summed E-state index contributed by atoms with van der Waals surface area (Å²) in [5.74, 6) is 1.01. The summed E-state index contributed by atoms with van der Waals surface area (Å²) in [4.78, 5) is 4.67. The molecule has 2 aromatic carbocycles. The lowest BCUT2D eigenvalue weighted by Gasteiger charge is -2.23. The van der Waals surface area contributed by atoms with Crippen LogP contribution in [-0.2, 0) is 15.4 Å². The van der Waals surface area contributed by atoms with Crippen LogP contribution in [0.5, 0.6) is 0 Å². The van der Waals surface area contributed by atoms with Gasteiger partial charge in [-0.25, -0.2) is 13.4 Å². The predicted molar refractivity (Wildman–Crippen MR) is 114 cm³/mol. The van der Waals surface area contributed by atoms with Crippen LogP contribution in [0.25, 0.3) is 0 Å². The van der Waals surface area contributed by atoms with Gasteiger partial charge in [0.2, 0.25) is 10.0 Å². The van der Waals surface area contributed by atoms with Gasteiger partial charge in [-0.15, -0.1) is 0 Å². The maximum absolute atomic E-state index is 13.4. The van der Waals surface area contributed by atoms with E-state index in [0.717, 1.165) is 22.3 Å². The summed E-state index contributed by atoms with van der Waals surface area (Å²) in [6.45, 7) is 11.8. The summed E-state index contributed by atoms with van der Waals surface area (Å²) < 4.78 is 29.7. The standard InChI is InChI=1S/C22H28N4O2S/c1-14-12-18(22(4,5)6)13-15(2)20(14)29(27,28)26-19(17-10-8-7-9-11-17)21-23-16(3)24-25-21/h7-13,19,26H,1-6H3,(H,23,24,25)/t19-/m1/s1. The van der Waals surface area contributed by atoms with Crippen molar-refractivity contribution in [3.63, 3.8) is 0 Å². The number of sulfonamides is 1. The summed E-state index contributed by atoms with van der Waals surface area (Å²) >= 11 is 0.